The van der Waals surface area contributed by atoms with Gasteiger partial charge in [-0.15, -0.1) is 0 Å². The maximum absolute atomic E-state index is 11.4. The van der Waals surface area contributed by atoms with Gasteiger partial charge in [0.25, 0.3) is 11.8 Å². The molecular formula is C14H21NO5. The summed E-state index contributed by atoms with van der Waals surface area (Å²) >= 11 is 0. The van der Waals surface area contributed by atoms with Crippen LogP contribution in [-0.2, 0) is 23.9 Å². The van der Waals surface area contributed by atoms with Gasteiger partial charge in [0, 0.05) is 25.2 Å². The van der Waals surface area contributed by atoms with E-state index >= 15 is 0 Å². The highest BCUT2D eigenvalue weighted by Gasteiger charge is 2.22. The van der Waals surface area contributed by atoms with E-state index in [1.807, 2.05) is 20.8 Å². The highest BCUT2D eigenvalue weighted by Crippen LogP contribution is 2.09. The second-order valence-corrected chi connectivity index (χ2v) is 5.46. The van der Waals surface area contributed by atoms with Crippen molar-refractivity contribution in [2.75, 3.05) is 19.8 Å². The molecule has 112 valence electrons. The fraction of sp³-hybridized carbons (Fsp3) is 0.643. The van der Waals surface area contributed by atoms with E-state index < -0.39 is 5.60 Å². The van der Waals surface area contributed by atoms with E-state index in [-0.39, 0.29) is 30.9 Å². The van der Waals surface area contributed by atoms with Crippen LogP contribution in [-0.4, -0.2) is 48.0 Å². The van der Waals surface area contributed by atoms with Crippen LogP contribution < -0.4 is 0 Å². The Kier molecular flexibility index (Phi) is 5.88. The van der Waals surface area contributed by atoms with Crippen molar-refractivity contribution < 1.29 is 23.9 Å². The van der Waals surface area contributed by atoms with Crippen LogP contribution in [0.1, 0.15) is 33.6 Å². The van der Waals surface area contributed by atoms with Gasteiger partial charge in [0.2, 0.25) is 0 Å². The smallest absolute Gasteiger partial charge is 0.306 e. The van der Waals surface area contributed by atoms with Gasteiger partial charge in [0.1, 0.15) is 5.60 Å². The Morgan fingerprint density at radius 2 is 1.75 bits per heavy atom. The quantitative estimate of drug-likeness (QED) is 0.397. The molecule has 0 unspecified atom stereocenters. The van der Waals surface area contributed by atoms with Gasteiger partial charge < -0.3 is 9.47 Å². The normalized spacial score (nSPS) is 15.1. The summed E-state index contributed by atoms with van der Waals surface area (Å²) in [6.45, 7) is 6.35. The van der Waals surface area contributed by atoms with Crippen molar-refractivity contribution in [2.45, 2.75) is 39.2 Å². The lowest BCUT2D eigenvalue weighted by atomic mass is 10.2. The number of nitrogens with zero attached hydrogens (tertiary/aromatic N) is 1. The minimum atomic E-state index is -0.471. The summed E-state index contributed by atoms with van der Waals surface area (Å²) in [5.41, 5.74) is -0.471. The largest absolute Gasteiger partial charge is 0.460 e. The van der Waals surface area contributed by atoms with E-state index in [0.717, 1.165) is 4.90 Å². The second kappa shape index (κ2) is 7.19. The number of ether oxygens (including phenoxy) is 2. The zero-order valence-corrected chi connectivity index (χ0v) is 12.2. The molecule has 0 aromatic heterocycles. The van der Waals surface area contributed by atoms with E-state index in [2.05, 4.69) is 0 Å². The Balaban J connectivity index is 2.04. The standard InChI is InChI=1S/C14H21NO5/c1-14(2,3)20-13(18)5-4-9-19-10-8-15-11(16)6-7-12(15)17/h6-7H,4-5,8-10H2,1-3H3. The Labute approximate surface area is 118 Å². The number of carbonyl (C=O) groups excluding carboxylic acids is 3. The van der Waals surface area contributed by atoms with Crippen LogP contribution in [0.25, 0.3) is 0 Å². The van der Waals surface area contributed by atoms with Gasteiger partial charge >= 0.3 is 5.97 Å². The molecule has 0 saturated heterocycles. The van der Waals surface area contributed by atoms with Crippen molar-refractivity contribution in [1.29, 1.82) is 0 Å². The zero-order valence-electron chi connectivity index (χ0n) is 12.2. The number of amides is 2. The molecule has 1 rings (SSSR count). The SMILES string of the molecule is CC(C)(C)OC(=O)CCCOCCN1C(=O)C=CC1=O. The van der Waals surface area contributed by atoms with Crippen LogP contribution in [0, 0.1) is 0 Å². The van der Waals surface area contributed by atoms with E-state index in [9.17, 15) is 14.4 Å². The summed E-state index contributed by atoms with van der Waals surface area (Å²) < 4.78 is 10.4. The Hall–Kier alpha value is -1.69. The van der Waals surface area contributed by atoms with Gasteiger partial charge in [-0.2, -0.15) is 0 Å². The van der Waals surface area contributed by atoms with Crippen LogP contribution in [0.15, 0.2) is 12.2 Å². The molecule has 0 saturated carbocycles. The fourth-order valence-electron chi connectivity index (χ4n) is 1.62. The Morgan fingerprint density at radius 3 is 2.30 bits per heavy atom. The van der Waals surface area contributed by atoms with Gasteiger partial charge in [0.15, 0.2) is 0 Å². The zero-order chi connectivity index (χ0) is 15.2. The average Bonchev–Trinajstić information content (AvgIpc) is 2.62. The van der Waals surface area contributed by atoms with Crippen molar-refractivity contribution in [3.63, 3.8) is 0 Å². The summed E-state index contributed by atoms with van der Waals surface area (Å²) in [6.07, 6.45) is 3.32. The molecule has 0 N–H and O–H groups in total. The number of imide groups is 1. The van der Waals surface area contributed by atoms with Crippen LogP contribution in [0.3, 0.4) is 0 Å². The molecule has 0 fully saturated rings. The van der Waals surface area contributed by atoms with E-state index in [1.54, 1.807) is 0 Å². The van der Waals surface area contributed by atoms with Gasteiger partial charge in [-0.25, -0.2) is 0 Å². The van der Waals surface area contributed by atoms with Gasteiger partial charge in [-0.3, -0.25) is 19.3 Å². The third kappa shape index (κ3) is 5.97. The van der Waals surface area contributed by atoms with Crippen molar-refractivity contribution in [1.82, 2.24) is 4.90 Å². The van der Waals surface area contributed by atoms with Crippen LogP contribution in [0.5, 0.6) is 0 Å². The molecule has 1 aliphatic heterocycles. The molecule has 0 aliphatic carbocycles. The Bertz CT molecular complexity index is 390. The maximum atomic E-state index is 11.4. The average molecular weight is 283 g/mol. The first kappa shape index (κ1) is 16.4. The lowest BCUT2D eigenvalue weighted by Crippen LogP contribution is -2.33. The number of esters is 1. The molecule has 6 heteroatoms. The topological polar surface area (TPSA) is 72.9 Å². The third-order valence-electron chi connectivity index (χ3n) is 2.45. The molecule has 2 amide bonds. The number of hydrogen-bond acceptors (Lipinski definition) is 5. The van der Waals surface area contributed by atoms with E-state index in [0.29, 0.717) is 19.4 Å². The summed E-state index contributed by atoms with van der Waals surface area (Å²) in [7, 11) is 0. The predicted molar refractivity (Wildman–Crippen MR) is 71.8 cm³/mol. The molecule has 0 spiro atoms. The van der Waals surface area contributed by atoms with Gasteiger partial charge in [-0.05, 0) is 27.2 Å². The number of hydrogen-bond donors (Lipinski definition) is 0. The van der Waals surface area contributed by atoms with Crippen molar-refractivity contribution in [2.24, 2.45) is 0 Å². The lowest BCUT2D eigenvalue weighted by molar-refractivity contribution is -0.155. The first-order chi connectivity index (χ1) is 9.29. The highest BCUT2D eigenvalue weighted by atomic mass is 16.6. The third-order valence-corrected chi connectivity index (χ3v) is 2.45. The highest BCUT2D eigenvalue weighted by molar-refractivity contribution is 6.12. The molecule has 20 heavy (non-hydrogen) atoms. The van der Waals surface area contributed by atoms with E-state index in [4.69, 9.17) is 9.47 Å². The van der Waals surface area contributed by atoms with E-state index in [1.165, 1.54) is 12.2 Å². The number of carbonyl (C=O) groups is 3. The molecule has 6 nitrogen and oxygen atoms in total. The van der Waals surface area contributed by atoms with Gasteiger partial charge in [0.05, 0.1) is 13.2 Å². The molecule has 1 aliphatic rings. The second-order valence-electron chi connectivity index (χ2n) is 5.46. The minimum Gasteiger partial charge on any atom is -0.460 e. The minimum absolute atomic E-state index is 0.233. The van der Waals surface area contributed by atoms with Crippen molar-refractivity contribution >= 4 is 17.8 Å². The first-order valence-corrected chi connectivity index (χ1v) is 6.63. The van der Waals surface area contributed by atoms with Crippen molar-refractivity contribution in [3.8, 4) is 0 Å². The monoisotopic (exact) mass is 283 g/mol. The summed E-state index contributed by atoms with van der Waals surface area (Å²) in [5.74, 6) is -0.880. The summed E-state index contributed by atoms with van der Waals surface area (Å²) in [5, 5.41) is 0. The Morgan fingerprint density at radius 1 is 1.15 bits per heavy atom. The molecule has 0 atom stereocenters. The number of rotatable bonds is 7. The maximum Gasteiger partial charge on any atom is 0.306 e. The summed E-state index contributed by atoms with van der Waals surface area (Å²) in [4.78, 5) is 35.0. The molecular weight excluding hydrogens is 262 g/mol. The predicted octanol–water partition coefficient (Wildman–Crippen LogP) is 1.05. The fourth-order valence-corrected chi connectivity index (χ4v) is 1.62. The van der Waals surface area contributed by atoms with Crippen LogP contribution in [0.2, 0.25) is 0 Å². The van der Waals surface area contributed by atoms with Crippen molar-refractivity contribution in [3.05, 3.63) is 12.2 Å². The molecule has 0 aromatic carbocycles. The summed E-state index contributed by atoms with van der Waals surface area (Å²) in [6, 6.07) is 0. The molecule has 0 bridgehead atoms. The first-order valence-electron chi connectivity index (χ1n) is 6.63. The molecule has 0 aromatic rings. The lowest BCUT2D eigenvalue weighted by Gasteiger charge is -2.19. The van der Waals surface area contributed by atoms with Gasteiger partial charge in [-0.1, -0.05) is 0 Å². The molecule has 1 heterocycles. The van der Waals surface area contributed by atoms with Crippen LogP contribution >= 0.6 is 0 Å². The molecule has 0 radical (unpaired) electrons. The van der Waals surface area contributed by atoms with Crippen LogP contribution in [0.4, 0.5) is 0 Å².